The van der Waals surface area contributed by atoms with Gasteiger partial charge < -0.3 is 0 Å². The number of halogens is 4. The topological polar surface area (TPSA) is 37.3 Å². The Morgan fingerprint density at radius 3 is 2.56 bits per heavy atom. The first-order valence-corrected chi connectivity index (χ1v) is 7.98. The van der Waals surface area contributed by atoms with Gasteiger partial charge in [0, 0.05) is 10.9 Å². The van der Waals surface area contributed by atoms with E-state index >= 15 is 0 Å². The average molecular weight is 365 g/mol. The first-order valence-electron chi connectivity index (χ1n) is 7.10. The van der Waals surface area contributed by atoms with Crippen molar-refractivity contribution >= 4 is 22.7 Å². The Kier molecular flexibility index (Phi) is 4.80. The summed E-state index contributed by atoms with van der Waals surface area (Å²) >= 11 is 1.31. The van der Waals surface area contributed by atoms with Crippen molar-refractivity contribution < 1.29 is 17.6 Å². The van der Waals surface area contributed by atoms with Crippen LogP contribution in [0.15, 0.2) is 59.0 Å². The van der Waals surface area contributed by atoms with Crippen LogP contribution < -0.4 is 5.43 Å². The fourth-order valence-electron chi connectivity index (χ4n) is 2.07. The highest BCUT2D eigenvalue weighted by atomic mass is 32.1. The molecule has 128 valence electrons. The van der Waals surface area contributed by atoms with Gasteiger partial charge in [0.15, 0.2) is 0 Å². The van der Waals surface area contributed by atoms with Gasteiger partial charge in [-0.3, -0.25) is 5.43 Å². The fourth-order valence-corrected chi connectivity index (χ4v) is 2.74. The van der Waals surface area contributed by atoms with Crippen LogP contribution in [0.4, 0.5) is 22.7 Å². The lowest BCUT2D eigenvalue weighted by atomic mass is 10.1. The minimum absolute atomic E-state index is 0.126. The molecule has 1 aromatic heterocycles. The van der Waals surface area contributed by atoms with Crippen LogP contribution in [0.25, 0.3) is 11.3 Å². The van der Waals surface area contributed by atoms with Crippen LogP contribution in [-0.2, 0) is 6.18 Å². The molecule has 0 radical (unpaired) electrons. The molecule has 0 aliphatic rings. The zero-order valence-electron chi connectivity index (χ0n) is 12.6. The predicted molar refractivity (Wildman–Crippen MR) is 90.2 cm³/mol. The Hall–Kier alpha value is -2.74. The number of aromatic nitrogens is 1. The summed E-state index contributed by atoms with van der Waals surface area (Å²) in [6.45, 7) is 0. The number of hydrogen-bond acceptors (Lipinski definition) is 4. The van der Waals surface area contributed by atoms with Crippen molar-refractivity contribution in [2.24, 2.45) is 5.10 Å². The quantitative estimate of drug-likeness (QED) is 0.381. The Morgan fingerprint density at radius 1 is 1.08 bits per heavy atom. The van der Waals surface area contributed by atoms with E-state index in [0.29, 0.717) is 11.2 Å². The Bertz CT molecular complexity index is 888. The molecule has 1 N–H and O–H groups in total. The van der Waals surface area contributed by atoms with Crippen molar-refractivity contribution in [1.29, 1.82) is 0 Å². The third kappa shape index (κ3) is 4.21. The molecular formula is C17H11F4N3S. The van der Waals surface area contributed by atoms with Crippen LogP contribution in [-0.4, -0.2) is 11.2 Å². The highest BCUT2D eigenvalue weighted by molar-refractivity contribution is 7.14. The van der Waals surface area contributed by atoms with Gasteiger partial charge in [-0.1, -0.05) is 36.4 Å². The van der Waals surface area contributed by atoms with Crippen LogP contribution in [0, 0.1) is 5.82 Å². The van der Waals surface area contributed by atoms with Crippen molar-refractivity contribution in [3.63, 3.8) is 0 Å². The normalized spacial score (nSPS) is 11.8. The maximum absolute atomic E-state index is 13.2. The summed E-state index contributed by atoms with van der Waals surface area (Å²) in [5.74, 6) is -1.31. The molecule has 3 nitrogen and oxygen atoms in total. The second-order valence-corrected chi connectivity index (χ2v) is 5.87. The fraction of sp³-hybridized carbons (Fsp3) is 0.0588. The van der Waals surface area contributed by atoms with E-state index in [1.54, 1.807) is 0 Å². The molecule has 8 heteroatoms. The average Bonchev–Trinajstić information content (AvgIpc) is 3.05. The van der Waals surface area contributed by atoms with E-state index in [2.05, 4.69) is 15.5 Å². The number of nitrogens with zero attached hydrogens (tertiary/aromatic N) is 2. The predicted octanol–water partition coefficient (Wildman–Crippen LogP) is 5.41. The minimum Gasteiger partial charge on any atom is -0.253 e. The second kappa shape index (κ2) is 7.02. The van der Waals surface area contributed by atoms with Crippen LogP contribution in [0.3, 0.4) is 0 Å². The summed E-state index contributed by atoms with van der Waals surface area (Å²) in [6, 6.07) is 12.2. The molecule has 25 heavy (non-hydrogen) atoms. The van der Waals surface area contributed by atoms with Crippen LogP contribution in [0.2, 0.25) is 0 Å². The van der Waals surface area contributed by atoms with E-state index in [0.717, 1.165) is 17.3 Å². The summed E-state index contributed by atoms with van der Waals surface area (Å²) in [7, 11) is 0. The molecule has 1 heterocycles. The van der Waals surface area contributed by atoms with Crippen molar-refractivity contribution in [2.45, 2.75) is 6.18 Å². The zero-order chi connectivity index (χ0) is 17.9. The van der Waals surface area contributed by atoms with Crippen molar-refractivity contribution in [3.05, 3.63) is 70.9 Å². The van der Waals surface area contributed by atoms with Gasteiger partial charge >= 0.3 is 6.18 Å². The zero-order valence-corrected chi connectivity index (χ0v) is 13.4. The van der Waals surface area contributed by atoms with Crippen molar-refractivity contribution in [2.75, 3.05) is 5.43 Å². The number of rotatable bonds is 4. The van der Waals surface area contributed by atoms with E-state index in [1.807, 2.05) is 35.7 Å². The molecule has 2 aromatic carbocycles. The first kappa shape index (κ1) is 17.1. The summed E-state index contributed by atoms with van der Waals surface area (Å²) in [5, 5.41) is 6.19. The standard InChI is InChI=1S/C17H11F4N3S/c18-14-7-6-11(8-13(14)17(19,20)21)9-22-24-16-23-15(10-25-16)12-4-2-1-3-5-12/h1-10H,(H,23,24). The van der Waals surface area contributed by atoms with Crippen LogP contribution in [0.1, 0.15) is 11.1 Å². The van der Waals surface area contributed by atoms with Crippen molar-refractivity contribution in [3.8, 4) is 11.3 Å². The summed E-state index contributed by atoms with van der Waals surface area (Å²) in [5.41, 5.74) is 3.18. The van der Waals surface area contributed by atoms with Crippen LogP contribution >= 0.6 is 11.3 Å². The molecule has 0 aliphatic heterocycles. The molecule has 3 rings (SSSR count). The van der Waals surface area contributed by atoms with Gasteiger partial charge in [-0.15, -0.1) is 11.3 Å². The molecule has 0 saturated carbocycles. The molecule has 0 unspecified atom stereocenters. The molecule has 0 spiro atoms. The van der Waals surface area contributed by atoms with E-state index in [9.17, 15) is 17.6 Å². The van der Waals surface area contributed by atoms with Gasteiger partial charge in [0.05, 0.1) is 17.5 Å². The summed E-state index contributed by atoms with van der Waals surface area (Å²) in [4.78, 5) is 4.34. The number of benzene rings is 2. The monoisotopic (exact) mass is 365 g/mol. The third-order valence-corrected chi connectivity index (χ3v) is 3.99. The molecule has 0 fully saturated rings. The molecule has 0 aliphatic carbocycles. The van der Waals surface area contributed by atoms with Gasteiger partial charge in [-0.2, -0.15) is 18.3 Å². The molecule has 0 atom stereocenters. The molecule has 0 saturated heterocycles. The maximum atomic E-state index is 13.2. The molecule has 0 amide bonds. The molecule has 0 bridgehead atoms. The van der Waals surface area contributed by atoms with Gasteiger partial charge in [-0.05, 0) is 17.7 Å². The van der Waals surface area contributed by atoms with E-state index in [1.165, 1.54) is 23.6 Å². The number of anilines is 1. The second-order valence-electron chi connectivity index (χ2n) is 5.01. The lowest BCUT2D eigenvalue weighted by Crippen LogP contribution is -2.08. The SMILES string of the molecule is Fc1ccc(C=NNc2nc(-c3ccccc3)cs2)cc1C(F)(F)F. The Morgan fingerprint density at radius 2 is 1.84 bits per heavy atom. The number of thiazole rings is 1. The number of hydrazone groups is 1. The van der Waals surface area contributed by atoms with Gasteiger partial charge in [-0.25, -0.2) is 9.37 Å². The smallest absolute Gasteiger partial charge is 0.253 e. The highest BCUT2D eigenvalue weighted by Crippen LogP contribution is 2.31. The number of nitrogens with one attached hydrogen (secondary N) is 1. The van der Waals surface area contributed by atoms with Gasteiger partial charge in [0.1, 0.15) is 5.82 Å². The lowest BCUT2D eigenvalue weighted by molar-refractivity contribution is -0.140. The molecule has 3 aromatic rings. The number of hydrogen-bond donors (Lipinski definition) is 1. The van der Waals surface area contributed by atoms with Gasteiger partial charge in [0.2, 0.25) is 5.13 Å². The molecular weight excluding hydrogens is 354 g/mol. The first-order chi connectivity index (χ1) is 11.9. The largest absolute Gasteiger partial charge is 0.419 e. The number of alkyl halides is 3. The van der Waals surface area contributed by atoms with Gasteiger partial charge in [0.25, 0.3) is 0 Å². The summed E-state index contributed by atoms with van der Waals surface area (Å²) in [6.07, 6.45) is -3.57. The van der Waals surface area contributed by atoms with E-state index < -0.39 is 17.6 Å². The van der Waals surface area contributed by atoms with Crippen molar-refractivity contribution in [1.82, 2.24) is 4.98 Å². The van der Waals surface area contributed by atoms with E-state index in [4.69, 9.17) is 0 Å². The van der Waals surface area contributed by atoms with E-state index in [-0.39, 0.29) is 5.56 Å². The summed E-state index contributed by atoms with van der Waals surface area (Å²) < 4.78 is 51.2. The Balaban J connectivity index is 1.71. The maximum Gasteiger partial charge on any atom is 0.419 e. The lowest BCUT2D eigenvalue weighted by Gasteiger charge is -2.08. The van der Waals surface area contributed by atoms with Crippen LogP contribution in [0.5, 0.6) is 0 Å². The Labute approximate surface area is 144 Å². The third-order valence-electron chi connectivity index (χ3n) is 3.24. The minimum atomic E-state index is -4.75. The highest BCUT2D eigenvalue weighted by Gasteiger charge is 2.34.